The van der Waals surface area contributed by atoms with Gasteiger partial charge in [-0.3, -0.25) is 4.79 Å². The van der Waals surface area contributed by atoms with Gasteiger partial charge in [-0.15, -0.1) is 11.3 Å². The van der Waals surface area contributed by atoms with Crippen LogP contribution in [-0.2, 0) is 11.3 Å². The molecule has 0 radical (unpaired) electrons. The summed E-state index contributed by atoms with van der Waals surface area (Å²) in [7, 11) is 0. The number of aromatic nitrogens is 1. The molecule has 1 aromatic carbocycles. The number of thioether (sulfide) groups is 1. The Balaban J connectivity index is 1.61. The molecule has 4 nitrogen and oxygen atoms in total. The number of amides is 1. The predicted molar refractivity (Wildman–Crippen MR) is 90.5 cm³/mol. The average molecular weight is 353 g/mol. The summed E-state index contributed by atoms with van der Waals surface area (Å²) in [5.74, 6) is 0.693. The van der Waals surface area contributed by atoms with Gasteiger partial charge < -0.3 is 9.73 Å². The van der Waals surface area contributed by atoms with Crippen LogP contribution in [0.1, 0.15) is 12.7 Å². The summed E-state index contributed by atoms with van der Waals surface area (Å²) in [4.78, 5) is 16.6. The molecule has 2 aromatic heterocycles. The first-order valence-corrected chi connectivity index (χ1v) is 8.72. The highest BCUT2D eigenvalue weighted by atomic mass is 35.5. The fourth-order valence-corrected chi connectivity index (χ4v) is 4.25. The molecule has 0 unspecified atom stereocenters. The molecule has 0 aliphatic rings. The minimum atomic E-state index is -0.231. The van der Waals surface area contributed by atoms with E-state index in [2.05, 4.69) is 10.3 Å². The van der Waals surface area contributed by atoms with Gasteiger partial charge in [0.1, 0.15) is 5.76 Å². The normalized spacial score (nSPS) is 12.5. The van der Waals surface area contributed by atoms with Crippen LogP contribution in [0, 0.1) is 0 Å². The number of furan rings is 1. The second-order valence-electron chi connectivity index (χ2n) is 4.65. The molecule has 7 heteroatoms. The Morgan fingerprint density at radius 2 is 2.36 bits per heavy atom. The highest BCUT2D eigenvalue weighted by Crippen LogP contribution is 2.33. The van der Waals surface area contributed by atoms with Crippen LogP contribution in [-0.4, -0.2) is 16.1 Å². The fraction of sp³-hybridized carbons (Fsp3) is 0.200. The van der Waals surface area contributed by atoms with Crippen molar-refractivity contribution in [1.29, 1.82) is 0 Å². The van der Waals surface area contributed by atoms with E-state index in [1.54, 1.807) is 23.7 Å². The number of hydrogen-bond donors (Lipinski definition) is 1. The first-order valence-electron chi connectivity index (χ1n) is 6.64. The van der Waals surface area contributed by atoms with Crippen LogP contribution < -0.4 is 5.32 Å². The second-order valence-corrected chi connectivity index (χ2v) is 7.70. The van der Waals surface area contributed by atoms with Crippen LogP contribution in [0.5, 0.6) is 0 Å². The van der Waals surface area contributed by atoms with Gasteiger partial charge in [0.15, 0.2) is 4.34 Å². The molecule has 1 N–H and O–H groups in total. The van der Waals surface area contributed by atoms with Crippen molar-refractivity contribution in [3.63, 3.8) is 0 Å². The lowest BCUT2D eigenvalue weighted by Gasteiger charge is -2.09. The van der Waals surface area contributed by atoms with Crippen LogP contribution >= 0.6 is 34.7 Å². The number of rotatable bonds is 5. The number of halogens is 1. The van der Waals surface area contributed by atoms with Crippen molar-refractivity contribution in [2.24, 2.45) is 0 Å². The zero-order valence-corrected chi connectivity index (χ0v) is 14.1. The second kappa shape index (κ2) is 6.73. The van der Waals surface area contributed by atoms with Gasteiger partial charge in [0.25, 0.3) is 0 Å². The van der Waals surface area contributed by atoms with Crippen molar-refractivity contribution >= 4 is 50.8 Å². The number of thiazole rings is 1. The molecule has 0 fully saturated rings. The Morgan fingerprint density at radius 3 is 3.14 bits per heavy atom. The largest absolute Gasteiger partial charge is 0.467 e. The fourth-order valence-electron chi connectivity index (χ4n) is 1.87. The van der Waals surface area contributed by atoms with Crippen LogP contribution in [0.25, 0.3) is 10.2 Å². The number of benzene rings is 1. The predicted octanol–water partition coefficient (Wildman–Crippen LogP) is 4.34. The molecule has 22 heavy (non-hydrogen) atoms. The molecular weight excluding hydrogens is 340 g/mol. The highest BCUT2D eigenvalue weighted by molar-refractivity contribution is 8.02. The number of carbonyl (C=O) groups is 1. The van der Waals surface area contributed by atoms with Crippen LogP contribution in [0.4, 0.5) is 0 Å². The van der Waals surface area contributed by atoms with E-state index in [0.29, 0.717) is 11.6 Å². The van der Waals surface area contributed by atoms with Crippen molar-refractivity contribution in [1.82, 2.24) is 10.3 Å². The van der Waals surface area contributed by atoms with E-state index < -0.39 is 0 Å². The molecule has 1 atom stereocenters. The van der Waals surface area contributed by atoms with Gasteiger partial charge in [0.2, 0.25) is 5.91 Å². The van der Waals surface area contributed by atoms with E-state index in [-0.39, 0.29) is 11.2 Å². The number of hydrogen-bond acceptors (Lipinski definition) is 5. The van der Waals surface area contributed by atoms with Gasteiger partial charge in [0.05, 0.1) is 28.3 Å². The quantitative estimate of drug-likeness (QED) is 0.694. The summed E-state index contributed by atoms with van der Waals surface area (Å²) in [6, 6.07) is 9.25. The maximum absolute atomic E-state index is 12.1. The third kappa shape index (κ3) is 3.63. The molecule has 0 spiro atoms. The van der Waals surface area contributed by atoms with E-state index >= 15 is 0 Å². The lowest BCUT2D eigenvalue weighted by molar-refractivity contribution is -0.120. The van der Waals surface area contributed by atoms with E-state index in [0.717, 1.165) is 20.3 Å². The van der Waals surface area contributed by atoms with Gasteiger partial charge >= 0.3 is 0 Å². The lowest BCUT2D eigenvalue weighted by atomic mass is 10.3. The summed E-state index contributed by atoms with van der Waals surface area (Å²) in [6.07, 6.45) is 1.59. The number of nitrogens with one attached hydrogen (secondary N) is 1. The summed E-state index contributed by atoms with van der Waals surface area (Å²) in [6.45, 7) is 2.26. The summed E-state index contributed by atoms with van der Waals surface area (Å²) >= 11 is 8.96. The zero-order chi connectivity index (χ0) is 15.5. The molecule has 114 valence electrons. The first-order chi connectivity index (χ1) is 10.6. The number of carbonyl (C=O) groups excluding carboxylic acids is 1. The average Bonchev–Trinajstić information content (AvgIpc) is 3.12. The summed E-state index contributed by atoms with van der Waals surface area (Å²) in [5.41, 5.74) is 0.864. The third-order valence-corrected chi connectivity index (χ3v) is 5.46. The third-order valence-electron chi connectivity index (χ3n) is 2.99. The minimum absolute atomic E-state index is 0.0429. The Labute approximate surface area is 140 Å². The SMILES string of the molecule is C[C@H](Sc1nc2cc(Cl)ccc2s1)C(=O)NCc1ccco1. The minimum Gasteiger partial charge on any atom is -0.467 e. The van der Waals surface area contributed by atoms with Gasteiger partial charge in [-0.1, -0.05) is 23.4 Å². The molecule has 2 heterocycles. The Bertz CT molecular complexity index is 786. The van der Waals surface area contributed by atoms with E-state index in [1.165, 1.54) is 11.8 Å². The van der Waals surface area contributed by atoms with Crippen LogP contribution in [0.3, 0.4) is 0 Å². The summed E-state index contributed by atoms with van der Waals surface area (Å²) < 4.78 is 7.11. The maximum Gasteiger partial charge on any atom is 0.233 e. The molecule has 3 aromatic rings. The van der Waals surface area contributed by atoms with Crippen molar-refractivity contribution in [3.05, 3.63) is 47.4 Å². The molecule has 0 aliphatic heterocycles. The molecule has 3 rings (SSSR count). The van der Waals surface area contributed by atoms with E-state index in [4.69, 9.17) is 16.0 Å². The molecule has 0 saturated heterocycles. The summed E-state index contributed by atoms with van der Waals surface area (Å²) in [5, 5.41) is 3.28. The smallest absolute Gasteiger partial charge is 0.233 e. The Hall–Kier alpha value is -1.50. The Kier molecular flexibility index (Phi) is 4.71. The van der Waals surface area contributed by atoms with Crippen LogP contribution in [0.15, 0.2) is 45.4 Å². The lowest BCUT2D eigenvalue weighted by Crippen LogP contribution is -2.30. The van der Waals surface area contributed by atoms with Gasteiger partial charge in [-0.05, 0) is 37.3 Å². The Morgan fingerprint density at radius 1 is 1.50 bits per heavy atom. The van der Waals surface area contributed by atoms with Gasteiger partial charge in [0, 0.05) is 5.02 Å². The van der Waals surface area contributed by atoms with Crippen molar-refractivity contribution < 1.29 is 9.21 Å². The zero-order valence-electron chi connectivity index (χ0n) is 11.7. The number of fused-ring (bicyclic) bond motifs is 1. The highest BCUT2D eigenvalue weighted by Gasteiger charge is 2.17. The van der Waals surface area contributed by atoms with Crippen molar-refractivity contribution in [3.8, 4) is 0 Å². The van der Waals surface area contributed by atoms with Gasteiger partial charge in [-0.2, -0.15) is 0 Å². The standard InChI is InChI=1S/C15H13ClN2O2S2/c1-9(14(19)17-8-11-3-2-6-20-11)21-15-18-12-7-10(16)4-5-13(12)22-15/h2-7,9H,8H2,1H3,(H,17,19)/t9-/m0/s1. The van der Waals surface area contributed by atoms with Crippen molar-refractivity contribution in [2.45, 2.75) is 23.1 Å². The van der Waals surface area contributed by atoms with Crippen LogP contribution in [0.2, 0.25) is 5.02 Å². The monoisotopic (exact) mass is 352 g/mol. The molecule has 0 bridgehead atoms. The molecule has 0 saturated carbocycles. The number of nitrogens with zero attached hydrogens (tertiary/aromatic N) is 1. The molecule has 1 amide bonds. The maximum atomic E-state index is 12.1. The topological polar surface area (TPSA) is 55.1 Å². The van der Waals surface area contributed by atoms with E-state index in [1.807, 2.05) is 31.2 Å². The van der Waals surface area contributed by atoms with Gasteiger partial charge in [-0.25, -0.2) is 4.98 Å². The van der Waals surface area contributed by atoms with Crippen molar-refractivity contribution in [2.75, 3.05) is 0 Å². The van der Waals surface area contributed by atoms with E-state index in [9.17, 15) is 4.79 Å². The molecule has 0 aliphatic carbocycles. The first kappa shape index (κ1) is 15.4. The molecular formula is C15H13ClN2O2S2.